The summed E-state index contributed by atoms with van der Waals surface area (Å²) in [6.07, 6.45) is 9.45. The highest BCUT2D eigenvalue weighted by Gasteiger charge is 2.23. The zero-order valence-corrected chi connectivity index (χ0v) is 24.1. The number of halogens is 1. The van der Waals surface area contributed by atoms with Gasteiger partial charge < -0.3 is 15.4 Å². The van der Waals surface area contributed by atoms with Crippen molar-refractivity contribution in [1.82, 2.24) is 35.7 Å². The van der Waals surface area contributed by atoms with Crippen molar-refractivity contribution in [1.29, 1.82) is 0 Å². The maximum atomic E-state index is 13.3. The van der Waals surface area contributed by atoms with E-state index in [2.05, 4.69) is 36.4 Å². The number of esters is 1. The average Bonchev–Trinajstić information content (AvgIpc) is 3.54. The maximum absolute atomic E-state index is 13.3. The van der Waals surface area contributed by atoms with Gasteiger partial charge in [0.05, 0.1) is 30.9 Å². The third-order valence-corrected chi connectivity index (χ3v) is 7.26. The van der Waals surface area contributed by atoms with Gasteiger partial charge in [0.2, 0.25) is 11.8 Å². The number of aromatic nitrogens is 6. The zero-order valence-electron chi connectivity index (χ0n) is 23.4. The van der Waals surface area contributed by atoms with E-state index in [0.29, 0.717) is 58.0 Å². The molecule has 1 aliphatic rings. The van der Waals surface area contributed by atoms with Gasteiger partial charge in [-0.15, -0.1) is 5.10 Å². The van der Waals surface area contributed by atoms with Crippen LogP contribution < -0.4 is 10.6 Å². The summed E-state index contributed by atoms with van der Waals surface area (Å²) in [5.74, 6) is -0.831. The van der Waals surface area contributed by atoms with Crippen LogP contribution in [0.5, 0.6) is 0 Å². The standard InChI is InChI=1S/C30H29ClN8O4/c1-43-29(42)16-19-7-10-22-25(15-19)35-27(40)6-4-2-3-5-24(23-13-14-32-36-30(22)23)34-28(41)12-8-20-17-21(31)9-11-26(20)39-18-33-37-38-39/h7-15,17-18,24H,2-6,16H2,1H3,(H,34,41)(H,35,40)/b12-8+. The first-order valence-corrected chi connectivity index (χ1v) is 14.1. The minimum Gasteiger partial charge on any atom is -0.469 e. The molecule has 1 unspecified atom stereocenters. The van der Waals surface area contributed by atoms with E-state index < -0.39 is 12.0 Å². The normalized spacial score (nSPS) is 15.4. The topological polar surface area (TPSA) is 154 Å². The number of ether oxygens (including phenoxy) is 1. The molecule has 2 aromatic carbocycles. The SMILES string of the molecule is COC(=O)Cc1ccc2c(c1)NC(=O)CCCCCC(NC(=O)/C=C/c1cc(Cl)ccc1-n1cnnn1)c1ccnnc1-2. The van der Waals surface area contributed by atoms with Crippen LogP contribution >= 0.6 is 11.6 Å². The van der Waals surface area contributed by atoms with E-state index in [4.69, 9.17) is 16.3 Å². The summed E-state index contributed by atoms with van der Waals surface area (Å²) in [5.41, 5.74) is 4.42. The molecule has 0 fully saturated rings. The Bertz CT molecular complexity index is 1660. The molecule has 1 atom stereocenters. The molecule has 2 N–H and O–H groups in total. The molecule has 13 heteroatoms. The van der Waals surface area contributed by atoms with Crippen LogP contribution in [0.1, 0.15) is 54.8 Å². The Labute approximate surface area is 252 Å². The number of hydrogen-bond donors (Lipinski definition) is 2. The molecule has 0 spiro atoms. The van der Waals surface area contributed by atoms with Crippen molar-refractivity contribution in [2.45, 2.75) is 44.6 Å². The summed E-state index contributed by atoms with van der Waals surface area (Å²) in [6.45, 7) is 0. The second kappa shape index (κ2) is 13.8. The maximum Gasteiger partial charge on any atom is 0.309 e. The fourth-order valence-electron chi connectivity index (χ4n) is 4.94. The van der Waals surface area contributed by atoms with E-state index in [1.165, 1.54) is 24.2 Å². The second-order valence-corrected chi connectivity index (χ2v) is 10.4. The van der Waals surface area contributed by atoms with Crippen LogP contribution in [0.15, 0.2) is 61.1 Å². The molecule has 0 saturated carbocycles. The van der Waals surface area contributed by atoms with Crippen molar-refractivity contribution in [2.24, 2.45) is 0 Å². The number of benzene rings is 2. The minimum absolute atomic E-state index is 0.0553. The lowest BCUT2D eigenvalue weighted by Crippen LogP contribution is -2.28. The van der Waals surface area contributed by atoms with Gasteiger partial charge in [0.15, 0.2) is 0 Å². The van der Waals surface area contributed by atoms with Crippen molar-refractivity contribution in [2.75, 3.05) is 12.4 Å². The van der Waals surface area contributed by atoms with Gasteiger partial charge >= 0.3 is 5.97 Å². The highest BCUT2D eigenvalue weighted by Crippen LogP contribution is 2.35. The summed E-state index contributed by atoms with van der Waals surface area (Å²) in [7, 11) is 1.33. The number of carbonyl (C=O) groups excluding carboxylic acids is 3. The van der Waals surface area contributed by atoms with E-state index in [1.807, 2.05) is 6.07 Å². The number of carbonyl (C=O) groups is 3. The van der Waals surface area contributed by atoms with Gasteiger partial charge in [-0.05, 0) is 65.2 Å². The summed E-state index contributed by atoms with van der Waals surface area (Å²) < 4.78 is 6.30. The van der Waals surface area contributed by atoms with Gasteiger partial charge in [-0.3, -0.25) is 14.4 Å². The largest absolute Gasteiger partial charge is 0.469 e. The number of anilines is 1. The van der Waals surface area contributed by atoms with Crippen molar-refractivity contribution in [3.05, 3.63) is 82.8 Å². The zero-order chi connectivity index (χ0) is 30.2. The molecular weight excluding hydrogens is 572 g/mol. The molecule has 2 amide bonds. The first kappa shape index (κ1) is 29.5. The van der Waals surface area contributed by atoms with E-state index in [0.717, 1.165) is 18.4 Å². The van der Waals surface area contributed by atoms with E-state index >= 15 is 0 Å². The molecule has 12 nitrogen and oxygen atoms in total. The Hall–Kier alpha value is -4.97. The molecule has 2 aromatic heterocycles. The first-order valence-electron chi connectivity index (χ1n) is 13.7. The van der Waals surface area contributed by atoms with Crippen molar-refractivity contribution in [3.63, 3.8) is 0 Å². The van der Waals surface area contributed by atoms with E-state index in [1.54, 1.807) is 48.7 Å². The van der Waals surface area contributed by atoms with Gasteiger partial charge in [-0.1, -0.05) is 36.6 Å². The number of nitrogens with zero attached hydrogens (tertiary/aromatic N) is 6. The first-order chi connectivity index (χ1) is 20.9. The Morgan fingerprint density at radius 3 is 2.84 bits per heavy atom. The lowest BCUT2D eigenvalue weighted by Gasteiger charge is -2.22. The molecule has 3 heterocycles. The van der Waals surface area contributed by atoms with Crippen LogP contribution in [0.4, 0.5) is 5.69 Å². The lowest BCUT2D eigenvalue weighted by atomic mass is 9.93. The van der Waals surface area contributed by atoms with Crippen LogP contribution in [0.2, 0.25) is 5.02 Å². The second-order valence-electron chi connectivity index (χ2n) is 9.97. The molecular formula is C30H29ClN8O4. The molecule has 0 radical (unpaired) electrons. The molecule has 220 valence electrons. The quantitative estimate of drug-likeness (QED) is 0.244. The predicted octanol–water partition coefficient (Wildman–Crippen LogP) is 4.26. The van der Waals surface area contributed by atoms with Gasteiger partial charge in [0, 0.05) is 40.4 Å². The number of amides is 2. The lowest BCUT2D eigenvalue weighted by molar-refractivity contribution is -0.139. The van der Waals surface area contributed by atoms with Crippen LogP contribution in [0.3, 0.4) is 0 Å². The third-order valence-electron chi connectivity index (χ3n) is 7.03. The summed E-state index contributed by atoms with van der Waals surface area (Å²) >= 11 is 6.23. The molecule has 4 aromatic rings. The van der Waals surface area contributed by atoms with Gasteiger partial charge in [-0.2, -0.15) is 14.9 Å². The minimum atomic E-state index is -0.390. The number of tetrazole rings is 1. The Morgan fingerprint density at radius 2 is 2.02 bits per heavy atom. The highest BCUT2D eigenvalue weighted by molar-refractivity contribution is 6.30. The van der Waals surface area contributed by atoms with Gasteiger partial charge in [-0.25, -0.2) is 0 Å². The number of nitrogens with one attached hydrogen (secondary N) is 2. The Kier molecular flexibility index (Phi) is 9.47. The fourth-order valence-corrected chi connectivity index (χ4v) is 5.12. The van der Waals surface area contributed by atoms with E-state index in [-0.39, 0.29) is 18.2 Å². The van der Waals surface area contributed by atoms with Crippen LogP contribution in [0.25, 0.3) is 23.0 Å². The fraction of sp³-hybridized carbons (Fsp3) is 0.267. The molecule has 0 saturated heterocycles. The molecule has 0 bridgehead atoms. The molecule has 1 aliphatic heterocycles. The highest BCUT2D eigenvalue weighted by atomic mass is 35.5. The smallest absolute Gasteiger partial charge is 0.309 e. The molecule has 0 aliphatic carbocycles. The van der Waals surface area contributed by atoms with Gasteiger partial charge in [0.1, 0.15) is 12.0 Å². The molecule has 5 rings (SSSR count). The summed E-state index contributed by atoms with van der Waals surface area (Å²) in [4.78, 5) is 38.0. The third kappa shape index (κ3) is 7.46. The monoisotopic (exact) mass is 600 g/mol. The van der Waals surface area contributed by atoms with E-state index in [9.17, 15) is 14.4 Å². The van der Waals surface area contributed by atoms with Crippen LogP contribution in [0, 0.1) is 0 Å². The number of methoxy groups -OCH3 is 1. The predicted molar refractivity (Wildman–Crippen MR) is 159 cm³/mol. The number of fused-ring (bicyclic) bond motifs is 3. The van der Waals surface area contributed by atoms with Crippen LogP contribution in [-0.4, -0.2) is 55.3 Å². The summed E-state index contributed by atoms with van der Waals surface area (Å²) in [5, 5.41) is 26.4. The number of rotatable bonds is 6. The molecule has 43 heavy (non-hydrogen) atoms. The van der Waals surface area contributed by atoms with Gasteiger partial charge in [0.25, 0.3) is 0 Å². The average molecular weight is 601 g/mol. The van der Waals surface area contributed by atoms with Crippen molar-refractivity contribution in [3.8, 4) is 16.9 Å². The van der Waals surface area contributed by atoms with Crippen molar-refractivity contribution < 1.29 is 19.1 Å². The Morgan fingerprint density at radius 1 is 1.14 bits per heavy atom. The van der Waals surface area contributed by atoms with Crippen LogP contribution in [-0.2, 0) is 25.5 Å². The van der Waals surface area contributed by atoms with Crippen molar-refractivity contribution >= 4 is 41.1 Å². The summed E-state index contributed by atoms with van der Waals surface area (Å²) in [6, 6.07) is 12.0. The number of hydrogen-bond acceptors (Lipinski definition) is 9. The Balaban J connectivity index is 1.47.